The molecule has 1 aliphatic rings. The van der Waals surface area contributed by atoms with Gasteiger partial charge < -0.3 is 14.1 Å². The van der Waals surface area contributed by atoms with Crippen molar-refractivity contribution >= 4 is 11.2 Å². The topological polar surface area (TPSA) is 60.5 Å². The zero-order chi connectivity index (χ0) is 20.6. The highest BCUT2D eigenvalue weighted by molar-refractivity contribution is 5.73. The summed E-state index contributed by atoms with van der Waals surface area (Å²) in [6.07, 6.45) is -2.74. The first kappa shape index (κ1) is 19.1. The van der Waals surface area contributed by atoms with Gasteiger partial charge in [0.15, 0.2) is 11.2 Å². The molecule has 1 fully saturated rings. The minimum atomic E-state index is -4.74. The Bertz CT molecular complexity index is 1100. The molecule has 0 saturated carbocycles. The summed E-state index contributed by atoms with van der Waals surface area (Å²) in [5, 5.41) is 0. The van der Waals surface area contributed by atoms with E-state index in [2.05, 4.69) is 21.2 Å². The zero-order valence-electron chi connectivity index (χ0n) is 15.4. The van der Waals surface area contributed by atoms with E-state index in [1.54, 1.807) is 12.1 Å². The molecule has 152 valence electrons. The lowest BCUT2D eigenvalue weighted by atomic mass is 10.1. The minimum Gasteiger partial charge on any atom is -0.406 e. The predicted octanol–water partition coefficient (Wildman–Crippen LogP) is 4.16. The zero-order valence-corrected chi connectivity index (χ0v) is 15.4. The van der Waals surface area contributed by atoms with Crippen LogP contribution >= 0.6 is 0 Å². The minimum absolute atomic E-state index is 0.312. The number of alkyl halides is 3. The summed E-state index contributed by atoms with van der Waals surface area (Å²) in [5.41, 5.74) is 2.91. The highest BCUT2D eigenvalue weighted by atomic mass is 19.4. The molecule has 9 heteroatoms. The van der Waals surface area contributed by atoms with Crippen LogP contribution in [0.5, 0.6) is 5.75 Å². The second-order valence-corrected chi connectivity index (χ2v) is 6.77. The molecule has 29 heavy (non-hydrogen) atoms. The molecule has 0 N–H and O–H groups in total. The van der Waals surface area contributed by atoms with Gasteiger partial charge in [-0.05, 0) is 49.2 Å². The van der Waals surface area contributed by atoms with Crippen molar-refractivity contribution in [3.63, 3.8) is 0 Å². The van der Waals surface area contributed by atoms with Crippen molar-refractivity contribution in [2.45, 2.75) is 25.7 Å². The monoisotopic (exact) mass is 405 g/mol. The number of hydrogen-bond acceptors (Lipinski definition) is 5. The summed E-state index contributed by atoms with van der Waals surface area (Å²) < 4.78 is 47.5. The van der Waals surface area contributed by atoms with Crippen molar-refractivity contribution < 1.29 is 22.3 Å². The third-order valence-corrected chi connectivity index (χ3v) is 4.83. The Hall–Kier alpha value is -3.23. The number of benzene rings is 1. The van der Waals surface area contributed by atoms with Crippen molar-refractivity contribution in [1.82, 2.24) is 14.5 Å². The Balaban J connectivity index is 1.60. The van der Waals surface area contributed by atoms with E-state index in [-0.39, 0.29) is 5.75 Å². The van der Waals surface area contributed by atoms with Crippen molar-refractivity contribution in [3.8, 4) is 17.0 Å². The maximum atomic E-state index is 12.3. The van der Waals surface area contributed by atoms with Crippen LogP contribution < -0.4 is 10.5 Å². The summed E-state index contributed by atoms with van der Waals surface area (Å²) in [7, 11) is 0. The van der Waals surface area contributed by atoms with E-state index in [0.29, 0.717) is 35.6 Å². The molecule has 1 aliphatic heterocycles. The Labute approximate surface area is 163 Å². The molecule has 6 nitrogen and oxygen atoms in total. The van der Waals surface area contributed by atoms with Crippen LogP contribution in [0.15, 0.2) is 57.9 Å². The lowest BCUT2D eigenvalue weighted by Gasteiger charge is -2.18. The first-order chi connectivity index (χ1) is 13.8. The highest BCUT2D eigenvalue weighted by Crippen LogP contribution is 2.27. The summed E-state index contributed by atoms with van der Waals surface area (Å²) in [4.78, 5) is 18.9. The van der Waals surface area contributed by atoms with E-state index in [1.807, 2.05) is 0 Å². The number of rotatable bonds is 5. The fourth-order valence-electron chi connectivity index (χ4n) is 3.41. The number of hydrogen-bond donors (Lipinski definition) is 0. The van der Waals surface area contributed by atoms with Gasteiger partial charge in [-0.15, -0.1) is 13.2 Å². The highest BCUT2D eigenvalue weighted by Gasteiger charge is 2.31. The van der Waals surface area contributed by atoms with Gasteiger partial charge >= 0.3 is 12.1 Å². The van der Waals surface area contributed by atoms with Gasteiger partial charge in [-0.1, -0.05) is 6.58 Å². The van der Waals surface area contributed by atoms with Crippen molar-refractivity contribution in [2.75, 3.05) is 13.1 Å². The lowest BCUT2D eigenvalue weighted by Crippen LogP contribution is -2.26. The Kier molecular flexibility index (Phi) is 4.81. The van der Waals surface area contributed by atoms with E-state index in [0.717, 1.165) is 25.1 Å². The van der Waals surface area contributed by atoms with Crippen LogP contribution in [0.2, 0.25) is 0 Å². The number of aromatic nitrogens is 2. The summed E-state index contributed by atoms with van der Waals surface area (Å²) in [6.45, 7) is 5.96. The van der Waals surface area contributed by atoms with E-state index in [1.165, 1.54) is 28.8 Å². The van der Waals surface area contributed by atoms with E-state index >= 15 is 0 Å². The Morgan fingerprint density at radius 1 is 1.14 bits per heavy atom. The lowest BCUT2D eigenvalue weighted by molar-refractivity contribution is -0.274. The molecule has 3 heterocycles. The van der Waals surface area contributed by atoms with Crippen LogP contribution in [0.1, 0.15) is 12.8 Å². The van der Waals surface area contributed by atoms with Crippen LogP contribution in [0.3, 0.4) is 0 Å². The molecule has 4 rings (SSSR count). The number of likely N-dealkylation sites (tertiary alicyclic amines) is 1. The quantitative estimate of drug-likeness (QED) is 0.638. The number of pyridine rings is 1. The maximum absolute atomic E-state index is 12.3. The number of fused-ring (bicyclic) bond motifs is 1. The second kappa shape index (κ2) is 7.31. The molecule has 2 aromatic heterocycles. The molecule has 1 aromatic carbocycles. The fraction of sp³-hybridized carbons (Fsp3) is 0.300. The third kappa shape index (κ3) is 4.13. The number of oxazole rings is 1. The molecule has 0 radical (unpaired) electrons. The molecule has 3 aromatic rings. The van der Waals surface area contributed by atoms with Gasteiger partial charge in [0.25, 0.3) is 0 Å². The first-order valence-corrected chi connectivity index (χ1v) is 9.09. The van der Waals surface area contributed by atoms with Crippen molar-refractivity contribution in [3.05, 3.63) is 59.2 Å². The molecule has 0 aliphatic carbocycles. The molecule has 0 bridgehead atoms. The fourth-order valence-corrected chi connectivity index (χ4v) is 3.41. The molecule has 0 atom stereocenters. The molecule has 0 spiro atoms. The number of nitrogens with zero attached hydrogens (tertiary/aromatic N) is 3. The van der Waals surface area contributed by atoms with Crippen LogP contribution in [0.4, 0.5) is 13.2 Å². The van der Waals surface area contributed by atoms with Gasteiger partial charge in [-0.3, -0.25) is 4.57 Å². The van der Waals surface area contributed by atoms with Crippen molar-refractivity contribution in [1.29, 1.82) is 0 Å². The summed E-state index contributed by atoms with van der Waals surface area (Å²) in [6, 6.07) is 8.67. The average molecular weight is 405 g/mol. The smallest absolute Gasteiger partial charge is 0.406 e. The molecular weight excluding hydrogens is 387 g/mol. The van der Waals surface area contributed by atoms with Gasteiger partial charge in [0, 0.05) is 30.9 Å². The van der Waals surface area contributed by atoms with Crippen LogP contribution in [0, 0.1) is 0 Å². The average Bonchev–Trinajstić information content (AvgIpc) is 3.21. The van der Waals surface area contributed by atoms with Gasteiger partial charge in [-0.25, -0.2) is 9.78 Å². The molecule has 0 unspecified atom stereocenters. The SMILES string of the molecule is C=C1CCCN1CCn1c(=O)oc2ccc(-c3ccc(OC(F)(F)F)cc3)nc21. The molecular formula is C20H18F3N3O3. The normalized spacial score (nSPS) is 14.7. The third-order valence-electron chi connectivity index (χ3n) is 4.83. The summed E-state index contributed by atoms with van der Waals surface area (Å²) in [5.74, 6) is -0.809. The molecule has 1 saturated heterocycles. The van der Waals surface area contributed by atoms with E-state index in [9.17, 15) is 18.0 Å². The Morgan fingerprint density at radius 2 is 1.90 bits per heavy atom. The maximum Gasteiger partial charge on any atom is 0.573 e. The first-order valence-electron chi connectivity index (χ1n) is 9.09. The number of halogens is 3. The Morgan fingerprint density at radius 3 is 2.55 bits per heavy atom. The van der Waals surface area contributed by atoms with Crippen LogP contribution in [0.25, 0.3) is 22.5 Å². The van der Waals surface area contributed by atoms with E-state index in [4.69, 9.17) is 4.42 Å². The van der Waals surface area contributed by atoms with Crippen LogP contribution in [-0.2, 0) is 6.54 Å². The van der Waals surface area contributed by atoms with Gasteiger partial charge in [-0.2, -0.15) is 0 Å². The van der Waals surface area contributed by atoms with Crippen LogP contribution in [-0.4, -0.2) is 33.9 Å². The second-order valence-electron chi connectivity index (χ2n) is 6.77. The van der Waals surface area contributed by atoms with Gasteiger partial charge in [0.05, 0.1) is 5.69 Å². The van der Waals surface area contributed by atoms with Crippen molar-refractivity contribution in [2.24, 2.45) is 0 Å². The predicted molar refractivity (Wildman–Crippen MR) is 100 cm³/mol. The number of ether oxygens (including phenoxy) is 1. The molecule has 0 amide bonds. The van der Waals surface area contributed by atoms with Gasteiger partial charge in [0.1, 0.15) is 5.75 Å². The van der Waals surface area contributed by atoms with Gasteiger partial charge in [0.2, 0.25) is 0 Å². The summed E-state index contributed by atoms with van der Waals surface area (Å²) >= 11 is 0. The van der Waals surface area contributed by atoms with E-state index < -0.39 is 12.1 Å². The largest absolute Gasteiger partial charge is 0.573 e. The standard InChI is InChI=1S/C20H18F3N3O3/c1-13-3-2-10-25(13)11-12-26-18-17(28-19(26)27)9-8-16(24-18)14-4-6-15(7-5-14)29-20(21,22)23/h4-9H,1-3,10-12H2. The number of allylic oxidation sites excluding steroid dienone is 1.